The minimum Gasteiger partial charge on any atom is -0.350 e. The first-order valence-corrected chi connectivity index (χ1v) is 11.6. The van der Waals surface area contributed by atoms with E-state index in [1.54, 1.807) is 0 Å². The third-order valence-corrected chi connectivity index (χ3v) is 6.88. The molecule has 3 heterocycles. The fourth-order valence-corrected chi connectivity index (χ4v) is 5.20. The minimum absolute atomic E-state index is 0.0872. The average Bonchev–Trinajstić information content (AvgIpc) is 3.39. The van der Waals surface area contributed by atoms with Crippen LogP contribution in [0, 0.1) is 0 Å². The van der Waals surface area contributed by atoms with E-state index >= 15 is 0 Å². The summed E-state index contributed by atoms with van der Waals surface area (Å²) in [6.07, 6.45) is 3.97. The number of likely N-dealkylation sites (N-methyl/N-ethyl adjacent to an activating group) is 1. The maximum absolute atomic E-state index is 12.7. The topological polar surface area (TPSA) is 86.7 Å². The Hall–Kier alpha value is -3.65. The molecule has 1 unspecified atom stereocenters. The van der Waals surface area contributed by atoms with Crippen molar-refractivity contribution in [2.75, 3.05) is 37.4 Å². The lowest BCUT2D eigenvalue weighted by molar-refractivity contribution is -0.136. The van der Waals surface area contributed by atoms with E-state index in [1.165, 1.54) is 0 Å². The van der Waals surface area contributed by atoms with Crippen LogP contribution in [0.4, 0.5) is 11.4 Å². The third-order valence-electron chi connectivity index (χ3n) is 6.88. The lowest BCUT2D eigenvalue weighted by Gasteiger charge is -2.26. The van der Waals surface area contributed by atoms with Crippen LogP contribution in [0.2, 0.25) is 0 Å². The summed E-state index contributed by atoms with van der Waals surface area (Å²) in [6.45, 7) is 0.985. The van der Waals surface area contributed by atoms with Gasteiger partial charge in [0.25, 0.3) is 0 Å². The van der Waals surface area contributed by atoms with Gasteiger partial charge in [0.1, 0.15) is 0 Å². The number of aromatic nitrogens is 1. The van der Waals surface area contributed by atoms with Gasteiger partial charge < -0.3 is 25.0 Å². The van der Waals surface area contributed by atoms with Crippen molar-refractivity contribution in [1.82, 2.24) is 14.8 Å². The zero-order chi connectivity index (χ0) is 24.0. The van der Waals surface area contributed by atoms with Crippen LogP contribution in [-0.4, -0.2) is 54.4 Å². The first kappa shape index (κ1) is 22.2. The SMILES string of the molecule is CN(C)C(CNC(=O)C(=O)Nc1cc2c3c(c1)CCN3C(=O)CC2)c1cn(C)c2ccccc12. The molecule has 1 aromatic heterocycles. The number of amides is 3. The molecule has 0 aliphatic carbocycles. The summed E-state index contributed by atoms with van der Waals surface area (Å²) in [6, 6.07) is 11.8. The van der Waals surface area contributed by atoms with Gasteiger partial charge in [-0.05, 0) is 61.8 Å². The number of nitrogens with one attached hydrogen (secondary N) is 2. The zero-order valence-corrected chi connectivity index (χ0v) is 19.7. The lowest BCUT2D eigenvalue weighted by Crippen LogP contribution is -2.40. The monoisotopic (exact) mass is 459 g/mol. The zero-order valence-electron chi connectivity index (χ0n) is 19.7. The van der Waals surface area contributed by atoms with E-state index in [9.17, 15) is 14.4 Å². The Kier molecular flexibility index (Phi) is 5.61. The van der Waals surface area contributed by atoms with E-state index < -0.39 is 11.8 Å². The van der Waals surface area contributed by atoms with E-state index in [-0.39, 0.29) is 11.9 Å². The Morgan fingerprint density at radius 2 is 1.79 bits per heavy atom. The Labute approximate surface area is 198 Å². The molecule has 2 N–H and O–H groups in total. The predicted molar refractivity (Wildman–Crippen MR) is 132 cm³/mol. The standard InChI is InChI=1S/C26H29N5O3/c1-29(2)22(20-15-30(3)21-7-5-4-6-19(20)21)14-27-25(33)26(34)28-18-12-16-8-9-23(32)31-11-10-17(13-18)24(16)31/h4-7,12-13,15,22H,8-11,14H2,1-3H3,(H,27,33)(H,28,34). The van der Waals surface area contributed by atoms with Gasteiger partial charge in [-0.3, -0.25) is 14.4 Å². The number of fused-ring (bicyclic) bond motifs is 1. The van der Waals surface area contributed by atoms with E-state index in [1.807, 2.05) is 55.2 Å². The summed E-state index contributed by atoms with van der Waals surface area (Å²) in [5, 5.41) is 6.68. The molecule has 0 spiro atoms. The summed E-state index contributed by atoms with van der Waals surface area (Å²) in [4.78, 5) is 41.3. The van der Waals surface area contributed by atoms with Crippen LogP contribution < -0.4 is 15.5 Å². The Bertz CT molecular complexity index is 1310. The highest BCUT2D eigenvalue weighted by atomic mass is 16.2. The summed E-state index contributed by atoms with van der Waals surface area (Å²) in [5.74, 6) is -1.20. The molecular formula is C26H29N5O3. The summed E-state index contributed by atoms with van der Waals surface area (Å²) < 4.78 is 2.07. The Morgan fingerprint density at radius 3 is 2.56 bits per heavy atom. The van der Waals surface area contributed by atoms with Crippen LogP contribution in [0.5, 0.6) is 0 Å². The van der Waals surface area contributed by atoms with Gasteiger partial charge in [0.05, 0.1) is 11.7 Å². The van der Waals surface area contributed by atoms with Crippen molar-refractivity contribution in [2.45, 2.75) is 25.3 Å². The molecule has 2 aliphatic rings. The van der Waals surface area contributed by atoms with Crippen molar-refractivity contribution in [3.63, 3.8) is 0 Å². The van der Waals surface area contributed by atoms with Crippen LogP contribution in [0.3, 0.4) is 0 Å². The molecule has 0 radical (unpaired) electrons. The number of nitrogens with zero attached hydrogens (tertiary/aromatic N) is 3. The molecular weight excluding hydrogens is 430 g/mol. The maximum Gasteiger partial charge on any atom is 0.313 e. The molecule has 0 bridgehead atoms. The fourth-order valence-electron chi connectivity index (χ4n) is 5.20. The molecule has 8 heteroatoms. The van der Waals surface area contributed by atoms with Crippen LogP contribution in [0.1, 0.15) is 29.2 Å². The van der Waals surface area contributed by atoms with E-state index in [2.05, 4.69) is 33.5 Å². The molecule has 34 heavy (non-hydrogen) atoms. The van der Waals surface area contributed by atoms with Crippen molar-refractivity contribution in [3.8, 4) is 0 Å². The van der Waals surface area contributed by atoms with Gasteiger partial charge in [0.2, 0.25) is 5.91 Å². The third kappa shape index (κ3) is 3.84. The van der Waals surface area contributed by atoms with Gasteiger partial charge in [-0.25, -0.2) is 0 Å². The summed E-state index contributed by atoms with van der Waals surface area (Å²) in [5.41, 5.74) is 5.90. The molecule has 2 aromatic carbocycles. The van der Waals surface area contributed by atoms with E-state index in [4.69, 9.17) is 0 Å². The highest BCUT2D eigenvalue weighted by Crippen LogP contribution is 2.38. The van der Waals surface area contributed by atoms with Gasteiger partial charge in [-0.15, -0.1) is 0 Å². The second-order valence-corrected chi connectivity index (χ2v) is 9.29. The van der Waals surface area contributed by atoms with Gasteiger partial charge >= 0.3 is 11.8 Å². The highest BCUT2D eigenvalue weighted by molar-refractivity contribution is 6.39. The van der Waals surface area contributed by atoms with Crippen molar-refractivity contribution in [2.24, 2.45) is 7.05 Å². The highest BCUT2D eigenvalue weighted by Gasteiger charge is 2.32. The molecule has 176 valence electrons. The molecule has 3 aromatic rings. The first-order valence-electron chi connectivity index (χ1n) is 11.6. The van der Waals surface area contributed by atoms with Crippen LogP contribution in [0.25, 0.3) is 10.9 Å². The second-order valence-electron chi connectivity index (χ2n) is 9.29. The molecule has 0 fully saturated rings. The number of hydrogen-bond donors (Lipinski definition) is 2. The summed E-state index contributed by atoms with van der Waals surface area (Å²) >= 11 is 0. The predicted octanol–water partition coefficient (Wildman–Crippen LogP) is 2.37. The van der Waals surface area contributed by atoms with Crippen molar-refractivity contribution in [1.29, 1.82) is 0 Å². The molecule has 8 nitrogen and oxygen atoms in total. The minimum atomic E-state index is -0.690. The summed E-state index contributed by atoms with van der Waals surface area (Å²) in [7, 11) is 5.93. The first-order chi connectivity index (χ1) is 16.3. The number of carbonyl (C=O) groups is 3. The van der Waals surface area contributed by atoms with Crippen molar-refractivity contribution >= 4 is 40.0 Å². The number of carbonyl (C=O) groups excluding carboxylic acids is 3. The van der Waals surface area contributed by atoms with Gasteiger partial charge in [0, 0.05) is 49.3 Å². The number of aryl methyl sites for hydroxylation is 2. The van der Waals surface area contributed by atoms with Crippen LogP contribution >= 0.6 is 0 Å². The molecule has 1 atom stereocenters. The quantitative estimate of drug-likeness (QED) is 0.574. The second kappa shape index (κ2) is 8.61. The number of anilines is 2. The lowest BCUT2D eigenvalue weighted by atomic mass is 9.98. The molecule has 2 aliphatic heterocycles. The van der Waals surface area contributed by atoms with Crippen molar-refractivity contribution in [3.05, 3.63) is 59.3 Å². The Balaban J connectivity index is 1.28. The number of para-hydroxylation sites is 1. The van der Waals surface area contributed by atoms with E-state index in [0.29, 0.717) is 31.6 Å². The van der Waals surface area contributed by atoms with E-state index in [0.717, 1.165) is 39.7 Å². The largest absolute Gasteiger partial charge is 0.350 e. The molecule has 3 amide bonds. The van der Waals surface area contributed by atoms with Crippen LogP contribution in [-0.2, 0) is 34.3 Å². The van der Waals surface area contributed by atoms with Gasteiger partial charge in [-0.1, -0.05) is 18.2 Å². The van der Waals surface area contributed by atoms with Crippen LogP contribution in [0.15, 0.2) is 42.6 Å². The Morgan fingerprint density at radius 1 is 1.06 bits per heavy atom. The molecule has 0 saturated heterocycles. The molecule has 0 saturated carbocycles. The van der Waals surface area contributed by atoms with Crippen molar-refractivity contribution < 1.29 is 14.4 Å². The fraction of sp³-hybridized carbons (Fsp3) is 0.346. The average molecular weight is 460 g/mol. The normalized spacial score (nSPS) is 15.5. The smallest absolute Gasteiger partial charge is 0.313 e. The number of rotatable bonds is 5. The maximum atomic E-state index is 12.7. The number of hydrogen-bond acceptors (Lipinski definition) is 4. The van der Waals surface area contributed by atoms with Gasteiger partial charge in [0.15, 0.2) is 0 Å². The number of benzene rings is 2. The molecule has 5 rings (SSSR count). The van der Waals surface area contributed by atoms with Gasteiger partial charge in [-0.2, -0.15) is 0 Å².